The Labute approximate surface area is 106 Å². The smallest absolute Gasteiger partial charge is 0.202 e. The van der Waals surface area contributed by atoms with E-state index in [9.17, 15) is 4.79 Å². The third kappa shape index (κ3) is 2.39. The van der Waals surface area contributed by atoms with E-state index in [0.717, 1.165) is 35.2 Å². The summed E-state index contributed by atoms with van der Waals surface area (Å²) in [7, 11) is 0. The van der Waals surface area contributed by atoms with Crippen LogP contribution in [0.2, 0.25) is 0 Å². The van der Waals surface area contributed by atoms with Crippen molar-refractivity contribution in [2.24, 2.45) is 0 Å². The molecule has 0 N–H and O–H groups in total. The van der Waals surface area contributed by atoms with Crippen molar-refractivity contribution < 1.29 is 0 Å². The molecule has 3 heteroatoms. The summed E-state index contributed by atoms with van der Waals surface area (Å²) >= 11 is 1.52. The number of nitrogens with zero attached hydrogens (tertiary/aromatic N) is 1. The minimum Gasteiger partial charge on any atom is -0.346 e. The highest BCUT2D eigenvalue weighted by Gasteiger charge is 2.07. The van der Waals surface area contributed by atoms with Crippen LogP contribution in [0.5, 0.6) is 0 Å². The molecule has 1 heterocycles. The van der Waals surface area contributed by atoms with E-state index < -0.39 is 0 Å². The van der Waals surface area contributed by atoms with Crippen LogP contribution >= 0.6 is 11.8 Å². The molecule has 0 aliphatic heterocycles. The van der Waals surface area contributed by atoms with Gasteiger partial charge in [0.05, 0.1) is 10.4 Å². The van der Waals surface area contributed by atoms with Crippen molar-refractivity contribution in [3.8, 4) is 0 Å². The number of aryl methyl sites for hydroxylation is 1. The fourth-order valence-electron chi connectivity index (χ4n) is 1.98. The highest BCUT2D eigenvalue weighted by atomic mass is 32.2. The minimum absolute atomic E-state index is 0.154. The van der Waals surface area contributed by atoms with Gasteiger partial charge < -0.3 is 4.57 Å². The third-order valence-corrected chi connectivity index (χ3v) is 3.66. The molecule has 0 saturated heterocycles. The topological polar surface area (TPSA) is 22.0 Å². The second-order valence-corrected chi connectivity index (χ2v) is 4.94. The number of fused-ring (bicyclic) bond motifs is 1. The molecule has 2 nitrogen and oxygen atoms in total. The van der Waals surface area contributed by atoms with Gasteiger partial charge in [-0.25, -0.2) is 0 Å². The van der Waals surface area contributed by atoms with Crippen LogP contribution in [0.25, 0.3) is 10.9 Å². The molecular formula is C14H17NOS. The Morgan fingerprint density at radius 2 is 2.06 bits per heavy atom. The molecule has 0 aliphatic rings. The standard InChI is InChI=1S/C14H17NOS/c1-3-4-9-15-10-13(17-2)14(16)11-7-5-6-8-12(11)15/h5-8,10H,3-4,9H2,1-2H3. The zero-order valence-corrected chi connectivity index (χ0v) is 11.1. The average molecular weight is 247 g/mol. The molecule has 0 bridgehead atoms. The Bertz CT molecular complexity index is 574. The first-order valence-corrected chi connectivity index (χ1v) is 7.16. The highest BCUT2D eigenvalue weighted by Crippen LogP contribution is 2.17. The monoisotopic (exact) mass is 247 g/mol. The molecule has 1 aromatic heterocycles. The van der Waals surface area contributed by atoms with E-state index >= 15 is 0 Å². The molecule has 2 aromatic rings. The van der Waals surface area contributed by atoms with E-state index in [0.29, 0.717) is 0 Å². The molecular weight excluding hydrogens is 230 g/mol. The van der Waals surface area contributed by atoms with Crippen LogP contribution in [0.3, 0.4) is 0 Å². The summed E-state index contributed by atoms with van der Waals surface area (Å²) in [6, 6.07) is 7.86. The van der Waals surface area contributed by atoms with E-state index in [1.54, 1.807) is 0 Å². The molecule has 0 fully saturated rings. The highest BCUT2D eigenvalue weighted by molar-refractivity contribution is 7.98. The van der Waals surface area contributed by atoms with Crippen LogP contribution < -0.4 is 5.43 Å². The number of thioether (sulfide) groups is 1. The van der Waals surface area contributed by atoms with E-state index in [-0.39, 0.29) is 5.43 Å². The van der Waals surface area contributed by atoms with Crippen molar-refractivity contribution in [2.45, 2.75) is 31.2 Å². The number of para-hydroxylation sites is 1. The average Bonchev–Trinajstić information content (AvgIpc) is 2.38. The van der Waals surface area contributed by atoms with Gasteiger partial charge in [0.15, 0.2) is 0 Å². The van der Waals surface area contributed by atoms with Crippen molar-refractivity contribution in [3.63, 3.8) is 0 Å². The molecule has 17 heavy (non-hydrogen) atoms. The van der Waals surface area contributed by atoms with Gasteiger partial charge in [0.25, 0.3) is 0 Å². The number of aromatic nitrogens is 1. The lowest BCUT2D eigenvalue weighted by Crippen LogP contribution is -2.11. The molecule has 0 aliphatic carbocycles. The Kier molecular flexibility index (Phi) is 3.89. The van der Waals surface area contributed by atoms with Gasteiger partial charge in [-0.05, 0) is 24.8 Å². The molecule has 0 spiro atoms. The quantitative estimate of drug-likeness (QED) is 0.771. The molecule has 0 saturated carbocycles. The number of rotatable bonds is 4. The SMILES string of the molecule is CCCCn1cc(SC)c(=O)c2ccccc21. The maximum atomic E-state index is 12.2. The van der Waals surface area contributed by atoms with Gasteiger partial charge in [0, 0.05) is 18.1 Å². The molecule has 0 atom stereocenters. The Balaban J connectivity index is 2.65. The van der Waals surface area contributed by atoms with Crippen LogP contribution in [0.1, 0.15) is 19.8 Å². The van der Waals surface area contributed by atoms with Crippen molar-refractivity contribution in [2.75, 3.05) is 6.26 Å². The van der Waals surface area contributed by atoms with E-state index in [1.807, 2.05) is 36.7 Å². The largest absolute Gasteiger partial charge is 0.346 e. The lowest BCUT2D eigenvalue weighted by atomic mass is 10.2. The maximum absolute atomic E-state index is 12.2. The molecule has 2 rings (SSSR count). The molecule has 0 unspecified atom stereocenters. The van der Waals surface area contributed by atoms with Crippen molar-refractivity contribution >= 4 is 22.7 Å². The van der Waals surface area contributed by atoms with Gasteiger partial charge >= 0.3 is 0 Å². The summed E-state index contributed by atoms with van der Waals surface area (Å²) in [5, 5.41) is 0.829. The van der Waals surface area contributed by atoms with Crippen LogP contribution in [0, 0.1) is 0 Å². The summed E-state index contributed by atoms with van der Waals surface area (Å²) in [6.45, 7) is 3.16. The van der Waals surface area contributed by atoms with Gasteiger partial charge in [-0.3, -0.25) is 4.79 Å². The minimum atomic E-state index is 0.154. The molecule has 0 amide bonds. The van der Waals surface area contributed by atoms with Gasteiger partial charge in [-0.15, -0.1) is 11.8 Å². The second-order valence-electron chi connectivity index (χ2n) is 4.09. The van der Waals surface area contributed by atoms with Crippen molar-refractivity contribution in [1.82, 2.24) is 4.57 Å². The normalized spacial score (nSPS) is 10.9. The summed E-state index contributed by atoms with van der Waals surface area (Å²) in [4.78, 5) is 13.0. The zero-order chi connectivity index (χ0) is 12.3. The fourth-order valence-corrected chi connectivity index (χ4v) is 2.51. The van der Waals surface area contributed by atoms with Crippen molar-refractivity contribution in [1.29, 1.82) is 0 Å². The second kappa shape index (κ2) is 5.41. The lowest BCUT2D eigenvalue weighted by molar-refractivity contribution is 0.640. The van der Waals surface area contributed by atoms with Crippen LogP contribution in [0.15, 0.2) is 40.2 Å². The van der Waals surface area contributed by atoms with Crippen LogP contribution in [0.4, 0.5) is 0 Å². The van der Waals surface area contributed by atoms with E-state index in [2.05, 4.69) is 11.5 Å². The van der Waals surface area contributed by atoms with Gasteiger partial charge in [-0.1, -0.05) is 25.5 Å². The van der Waals surface area contributed by atoms with E-state index in [4.69, 9.17) is 0 Å². The first kappa shape index (κ1) is 12.2. The first-order valence-electron chi connectivity index (χ1n) is 5.94. The summed E-state index contributed by atoms with van der Waals surface area (Å²) in [6.07, 6.45) is 6.25. The summed E-state index contributed by atoms with van der Waals surface area (Å²) in [5.41, 5.74) is 1.20. The molecule has 0 radical (unpaired) electrons. The summed E-state index contributed by atoms with van der Waals surface area (Å²) < 4.78 is 2.20. The number of unbranched alkanes of at least 4 members (excludes halogenated alkanes) is 1. The Hall–Kier alpha value is -1.22. The number of hydrogen-bond acceptors (Lipinski definition) is 2. The summed E-state index contributed by atoms with van der Waals surface area (Å²) in [5.74, 6) is 0. The Morgan fingerprint density at radius 3 is 2.76 bits per heavy atom. The zero-order valence-electron chi connectivity index (χ0n) is 10.3. The molecule has 90 valence electrons. The third-order valence-electron chi connectivity index (χ3n) is 2.93. The van der Waals surface area contributed by atoms with E-state index in [1.165, 1.54) is 11.8 Å². The predicted octanol–water partition coefficient (Wildman–Crippen LogP) is 3.52. The maximum Gasteiger partial charge on any atom is 0.202 e. The van der Waals surface area contributed by atoms with Gasteiger partial charge in [-0.2, -0.15) is 0 Å². The van der Waals surface area contributed by atoms with Crippen LogP contribution in [-0.2, 0) is 6.54 Å². The molecule has 1 aromatic carbocycles. The van der Waals surface area contributed by atoms with Gasteiger partial charge in [0.1, 0.15) is 0 Å². The number of hydrogen-bond donors (Lipinski definition) is 0. The fraction of sp³-hybridized carbons (Fsp3) is 0.357. The lowest BCUT2D eigenvalue weighted by Gasteiger charge is -2.12. The van der Waals surface area contributed by atoms with Gasteiger partial charge in [0.2, 0.25) is 5.43 Å². The predicted molar refractivity (Wildman–Crippen MR) is 74.9 cm³/mol. The first-order chi connectivity index (χ1) is 8.27. The Morgan fingerprint density at radius 1 is 1.29 bits per heavy atom. The van der Waals surface area contributed by atoms with Crippen molar-refractivity contribution in [3.05, 3.63) is 40.7 Å². The van der Waals surface area contributed by atoms with Crippen LogP contribution in [-0.4, -0.2) is 10.8 Å². The number of pyridine rings is 1. The number of benzene rings is 1.